The molecule has 1 heterocycles. The Bertz CT molecular complexity index is 942. The molecular formula is C19H17F13N2O2. The molecule has 1 aliphatic rings. The number of amides is 1. The maximum absolute atomic E-state index is 14.2. The number of hydrogen-bond acceptors (Lipinski definition) is 3. The molecule has 36 heavy (non-hydrogen) atoms. The van der Waals surface area contributed by atoms with Crippen molar-refractivity contribution in [2.45, 2.75) is 42.7 Å². The van der Waals surface area contributed by atoms with Gasteiger partial charge in [0, 0.05) is 26.2 Å². The summed E-state index contributed by atoms with van der Waals surface area (Å²) in [6.45, 7) is -0.563. The van der Waals surface area contributed by atoms with Gasteiger partial charge in [0.1, 0.15) is 5.75 Å². The van der Waals surface area contributed by atoms with E-state index in [9.17, 15) is 61.9 Å². The van der Waals surface area contributed by atoms with Crippen LogP contribution in [0.2, 0.25) is 0 Å². The van der Waals surface area contributed by atoms with Crippen molar-refractivity contribution >= 4 is 11.6 Å². The van der Waals surface area contributed by atoms with E-state index >= 15 is 0 Å². The number of carbonyl (C=O) groups is 1. The maximum atomic E-state index is 14.2. The van der Waals surface area contributed by atoms with Crippen molar-refractivity contribution in [1.29, 1.82) is 0 Å². The molecule has 0 saturated carbocycles. The Morgan fingerprint density at radius 3 is 1.69 bits per heavy atom. The lowest BCUT2D eigenvalue weighted by molar-refractivity contribution is -0.436. The van der Waals surface area contributed by atoms with E-state index in [1.165, 1.54) is 17.0 Å². The summed E-state index contributed by atoms with van der Waals surface area (Å²) in [7, 11) is 0. The first-order chi connectivity index (χ1) is 16.2. The quantitative estimate of drug-likeness (QED) is 0.401. The molecule has 0 atom stereocenters. The van der Waals surface area contributed by atoms with Crippen LogP contribution in [-0.2, 0) is 4.79 Å². The minimum atomic E-state index is -8.05. The Kier molecular flexibility index (Phi) is 7.69. The first-order valence-corrected chi connectivity index (χ1v) is 9.90. The third-order valence-electron chi connectivity index (χ3n) is 5.27. The number of hydrogen-bond donors (Lipinski definition) is 0. The van der Waals surface area contributed by atoms with Crippen LogP contribution in [0.15, 0.2) is 24.3 Å². The molecule has 1 fully saturated rings. The van der Waals surface area contributed by atoms with Gasteiger partial charge in [0.15, 0.2) is 0 Å². The highest BCUT2D eigenvalue weighted by Gasteiger charge is 2.91. The fourth-order valence-corrected chi connectivity index (χ4v) is 3.25. The van der Waals surface area contributed by atoms with Gasteiger partial charge in [-0.1, -0.05) is 12.1 Å². The Morgan fingerprint density at radius 2 is 1.22 bits per heavy atom. The minimum absolute atomic E-state index is 0.121. The monoisotopic (exact) mass is 552 g/mol. The second kappa shape index (κ2) is 9.36. The van der Waals surface area contributed by atoms with Gasteiger partial charge in [-0.2, -0.15) is 57.1 Å². The van der Waals surface area contributed by atoms with Crippen LogP contribution < -0.4 is 9.64 Å². The molecule has 1 aromatic carbocycles. The fourth-order valence-electron chi connectivity index (χ4n) is 3.25. The van der Waals surface area contributed by atoms with E-state index in [2.05, 4.69) is 0 Å². The third kappa shape index (κ3) is 4.48. The number of nitrogens with zero attached hydrogens (tertiary/aromatic N) is 2. The average molecular weight is 552 g/mol. The smallest absolute Gasteiger partial charge is 0.460 e. The zero-order valence-corrected chi connectivity index (χ0v) is 18.0. The Morgan fingerprint density at radius 1 is 0.750 bits per heavy atom. The zero-order chi connectivity index (χ0) is 28.0. The lowest BCUT2D eigenvalue weighted by Gasteiger charge is -2.42. The normalized spacial score (nSPS) is 16.8. The summed E-state index contributed by atoms with van der Waals surface area (Å²) in [5.74, 6) is -41.2. The molecule has 1 saturated heterocycles. The number of piperazine rings is 1. The highest BCUT2D eigenvalue weighted by atomic mass is 19.4. The predicted octanol–water partition coefficient (Wildman–Crippen LogP) is 5.47. The molecule has 0 unspecified atom stereocenters. The summed E-state index contributed by atoms with van der Waals surface area (Å²) in [5.41, 5.74) is 0.379. The summed E-state index contributed by atoms with van der Waals surface area (Å²) in [6.07, 6.45) is -7.51. The van der Waals surface area contributed by atoms with Gasteiger partial charge in [-0.25, -0.2) is 0 Å². The van der Waals surface area contributed by atoms with E-state index in [-0.39, 0.29) is 24.6 Å². The Hall–Kier alpha value is -2.62. The second-order valence-corrected chi connectivity index (χ2v) is 7.55. The molecule has 1 amide bonds. The van der Waals surface area contributed by atoms with Gasteiger partial charge < -0.3 is 14.5 Å². The van der Waals surface area contributed by atoms with Crippen molar-refractivity contribution in [3.8, 4) is 5.75 Å². The molecule has 1 aliphatic heterocycles. The van der Waals surface area contributed by atoms with Gasteiger partial charge in [-0.3, -0.25) is 4.79 Å². The molecule has 0 aliphatic carbocycles. The lowest BCUT2D eigenvalue weighted by Crippen LogP contribution is -2.72. The van der Waals surface area contributed by atoms with Crippen molar-refractivity contribution in [2.75, 3.05) is 37.7 Å². The maximum Gasteiger partial charge on any atom is 0.460 e. The number of anilines is 1. The van der Waals surface area contributed by atoms with Crippen LogP contribution in [0, 0.1) is 0 Å². The van der Waals surface area contributed by atoms with Gasteiger partial charge in [-0.05, 0) is 19.1 Å². The molecule has 0 bridgehead atoms. The van der Waals surface area contributed by atoms with E-state index < -0.39 is 54.8 Å². The molecule has 0 radical (unpaired) electrons. The van der Waals surface area contributed by atoms with Crippen LogP contribution in [0.5, 0.6) is 5.75 Å². The Balaban J connectivity index is 2.28. The van der Waals surface area contributed by atoms with Gasteiger partial charge in [0.05, 0.1) is 12.3 Å². The van der Waals surface area contributed by atoms with E-state index in [1.54, 1.807) is 19.1 Å². The predicted molar refractivity (Wildman–Crippen MR) is 97.2 cm³/mol. The van der Waals surface area contributed by atoms with Gasteiger partial charge in [0.2, 0.25) is 0 Å². The highest BCUT2D eigenvalue weighted by molar-refractivity contribution is 5.85. The molecule has 0 spiro atoms. The first-order valence-electron chi connectivity index (χ1n) is 9.90. The molecular weight excluding hydrogens is 535 g/mol. The van der Waals surface area contributed by atoms with Crippen LogP contribution in [0.3, 0.4) is 0 Å². The van der Waals surface area contributed by atoms with E-state index in [1.807, 2.05) is 0 Å². The fraction of sp³-hybridized carbons (Fsp3) is 0.632. The largest absolute Gasteiger partial charge is 0.492 e. The number of alkyl halides is 13. The molecule has 206 valence electrons. The van der Waals surface area contributed by atoms with Crippen LogP contribution in [-0.4, -0.2) is 79.4 Å². The summed E-state index contributed by atoms with van der Waals surface area (Å²) < 4.78 is 178. The van der Waals surface area contributed by atoms with E-state index in [0.717, 1.165) is 0 Å². The molecule has 0 aromatic heterocycles. The van der Waals surface area contributed by atoms with Crippen molar-refractivity contribution < 1.29 is 66.6 Å². The van der Waals surface area contributed by atoms with Gasteiger partial charge >= 0.3 is 35.8 Å². The lowest BCUT2D eigenvalue weighted by atomic mass is 9.93. The molecule has 4 nitrogen and oxygen atoms in total. The number of para-hydroxylation sites is 2. The van der Waals surface area contributed by atoms with Gasteiger partial charge in [0.25, 0.3) is 5.91 Å². The van der Waals surface area contributed by atoms with Crippen LogP contribution in [0.4, 0.5) is 62.8 Å². The van der Waals surface area contributed by atoms with Crippen molar-refractivity contribution in [3.63, 3.8) is 0 Å². The van der Waals surface area contributed by atoms with E-state index in [0.29, 0.717) is 11.4 Å². The standard InChI is InChI=1S/C19H17F13N2O2/c1-2-36-12-6-4-3-5-11(12)33-7-9-34(10-8-33)13(35)14(20,21)15(22,23)16(24,25)17(26,27)18(28,29)19(30,31)32/h3-6H,2,7-10H2,1H3. The SMILES string of the molecule is CCOc1ccccc1N1CCN(C(=O)C(F)(F)C(F)(F)C(F)(F)C(F)(F)C(F)(F)C(F)(F)F)CC1. The van der Waals surface area contributed by atoms with Crippen molar-refractivity contribution in [1.82, 2.24) is 4.90 Å². The number of rotatable bonds is 8. The Labute approximate surface area is 194 Å². The van der Waals surface area contributed by atoms with Gasteiger partial charge in [-0.15, -0.1) is 0 Å². The number of benzene rings is 1. The minimum Gasteiger partial charge on any atom is -0.492 e. The second-order valence-electron chi connectivity index (χ2n) is 7.55. The van der Waals surface area contributed by atoms with Crippen molar-refractivity contribution in [2.24, 2.45) is 0 Å². The highest BCUT2D eigenvalue weighted by Crippen LogP contribution is 2.60. The number of halogens is 13. The summed E-state index contributed by atoms with van der Waals surface area (Å²) in [5, 5.41) is 0. The number of carbonyl (C=O) groups excluding carboxylic acids is 1. The third-order valence-corrected chi connectivity index (χ3v) is 5.27. The molecule has 17 heteroatoms. The van der Waals surface area contributed by atoms with Crippen LogP contribution in [0.1, 0.15) is 6.92 Å². The summed E-state index contributed by atoms with van der Waals surface area (Å²) in [6, 6.07) is 6.15. The molecule has 1 aromatic rings. The van der Waals surface area contributed by atoms with Crippen molar-refractivity contribution in [3.05, 3.63) is 24.3 Å². The number of ether oxygens (including phenoxy) is 1. The summed E-state index contributed by atoms with van der Waals surface area (Å²) in [4.78, 5) is 13.3. The van der Waals surface area contributed by atoms with Crippen LogP contribution in [0.25, 0.3) is 0 Å². The summed E-state index contributed by atoms with van der Waals surface area (Å²) >= 11 is 0. The van der Waals surface area contributed by atoms with E-state index in [4.69, 9.17) is 4.74 Å². The molecule has 2 rings (SSSR count). The topological polar surface area (TPSA) is 32.8 Å². The first kappa shape index (κ1) is 29.6. The molecule has 0 N–H and O–H groups in total. The van der Waals surface area contributed by atoms with Crippen LogP contribution >= 0.6 is 0 Å². The average Bonchev–Trinajstić information content (AvgIpc) is 2.78. The zero-order valence-electron chi connectivity index (χ0n) is 18.0.